The van der Waals surface area contributed by atoms with Crippen molar-refractivity contribution >= 4 is 44.2 Å². The van der Waals surface area contributed by atoms with Gasteiger partial charge in [-0.1, -0.05) is 6.07 Å². The number of benzene rings is 1. The number of alkyl halides is 3. The topological polar surface area (TPSA) is 112 Å². The highest BCUT2D eigenvalue weighted by atomic mass is 32.2. The van der Waals surface area contributed by atoms with E-state index in [2.05, 4.69) is 30.3 Å². The highest BCUT2D eigenvalue weighted by Gasteiger charge is 2.27. The van der Waals surface area contributed by atoms with Gasteiger partial charge in [-0.2, -0.15) is 23.1 Å². The molecule has 3 aromatic rings. The van der Waals surface area contributed by atoms with Crippen LogP contribution >= 0.6 is 0 Å². The van der Waals surface area contributed by atoms with E-state index in [9.17, 15) is 21.6 Å². The number of nitrogens with one attached hydrogen (secondary N) is 4. The summed E-state index contributed by atoms with van der Waals surface area (Å²) in [6.07, 6.45) is -1.83. The molecule has 0 aliphatic rings. The highest BCUT2D eigenvalue weighted by molar-refractivity contribution is 7.92. The van der Waals surface area contributed by atoms with Gasteiger partial charge < -0.3 is 15.6 Å². The first-order valence-corrected chi connectivity index (χ1v) is 9.49. The van der Waals surface area contributed by atoms with E-state index < -0.39 is 22.7 Å². The van der Waals surface area contributed by atoms with Crippen LogP contribution in [0.3, 0.4) is 0 Å². The van der Waals surface area contributed by atoms with E-state index in [4.69, 9.17) is 0 Å². The average Bonchev–Trinajstić information content (AvgIpc) is 2.99. The Morgan fingerprint density at radius 1 is 1.15 bits per heavy atom. The summed E-state index contributed by atoms with van der Waals surface area (Å²) in [5, 5.41) is 5.52. The zero-order valence-corrected chi connectivity index (χ0v) is 14.7. The largest absolute Gasteiger partial charge is 0.405 e. The van der Waals surface area contributed by atoms with Crippen LogP contribution in [0.15, 0.2) is 36.5 Å². The first-order valence-electron chi connectivity index (χ1n) is 7.60. The molecule has 0 bridgehead atoms. The Balaban J connectivity index is 1.88. The van der Waals surface area contributed by atoms with Gasteiger partial charge in [0.15, 0.2) is 0 Å². The molecule has 0 aliphatic heterocycles. The van der Waals surface area contributed by atoms with Gasteiger partial charge >= 0.3 is 6.18 Å². The van der Waals surface area contributed by atoms with Crippen LogP contribution in [0, 0.1) is 0 Å². The molecule has 0 spiro atoms. The van der Waals surface area contributed by atoms with Crippen LogP contribution in [0.5, 0.6) is 0 Å². The van der Waals surface area contributed by atoms with E-state index >= 15 is 0 Å². The summed E-state index contributed by atoms with van der Waals surface area (Å²) in [5.41, 5.74) is 1.12. The van der Waals surface area contributed by atoms with Gasteiger partial charge in [-0.15, -0.1) is 0 Å². The molecule has 12 heteroatoms. The van der Waals surface area contributed by atoms with E-state index in [1.807, 2.05) is 0 Å². The Labute approximate surface area is 152 Å². The van der Waals surface area contributed by atoms with Gasteiger partial charge in [-0.3, -0.25) is 4.72 Å². The molecule has 0 unspecified atom stereocenters. The molecule has 1 aromatic carbocycles. The van der Waals surface area contributed by atoms with Gasteiger partial charge in [0.05, 0.1) is 17.3 Å². The maximum absolute atomic E-state index is 12.5. The van der Waals surface area contributed by atoms with Crippen LogP contribution in [0.4, 0.5) is 36.3 Å². The molecule has 0 amide bonds. The Kier molecular flexibility index (Phi) is 4.83. The first kappa shape index (κ1) is 18.8. The normalized spacial score (nSPS) is 12.1. The van der Waals surface area contributed by atoms with Crippen molar-refractivity contribution in [3.63, 3.8) is 0 Å². The lowest BCUT2D eigenvalue weighted by Gasteiger charge is -2.12. The Morgan fingerprint density at radius 2 is 1.89 bits per heavy atom. The number of hydrogen-bond acceptors (Lipinski definition) is 6. The second-order valence-corrected chi connectivity index (χ2v) is 7.43. The fourth-order valence-corrected chi connectivity index (χ4v) is 2.87. The summed E-state index contributed by atoms with van der Waals surface area (Å²) < 4.78 is 62.5. The summed E-state index contributed by atoms with van der Waals surface area (Å²) >= 11 is 0. The number of rotatable bonds is 6. The van der Waals surface area contributed by atoms with Crippen molar-refractivity contribution < 1.29 is 21.6 Å². The van der Waals surface area contributed by atoms with E-state index in [-0.39, 0.29) is 11.8 Å². The second kappa shape index (κ2) is 6.95. The molecule has 0 fully saturated rings. The zero-order chi connectivity index (χ0) is 19.7. The summed E-state index contributed by atoms with van der Waals surface area (Å²) in [6, 6.07) is 7.86. The molecular formula is C15H15F3N6O2S. The number of aromatic nitrogens is 3. The number of hydrogen-bond donors (Lipinski definition) is 4. The quantitative estimate of drug-likeness (QED) is 0.506. The van der Waals surface area contributed by atoms with Gasteiger partial charge in [0.2, 0.25) is 16.0 Å². The Bertz CT molecular complexity index is 1060. The summed E-state index contributed by atoms with van der Waals surface area (Å²) in [7, 11) is -3.45. The highest BCUT2D eigenvalue weighted by Crippen LogP contribution is 2.25. The SMILES string of the molecule is CS(=O)(=O)Nc1cccc(Nc2nc(NCC(F)(F)F)c3cc[nH]c3n2)c1. The van der Waals surface area contributed by atoms with Crippen LogP contribution < -0.4 is 15.4 Å². The number of sulfonamides is 1. The lowest BCUT2D eigenvalue weighted by molar-refractivity contribution is -0.115. The maximum Gasteiger partial charge on any atom is 0.405 e. The third-order valence-corrected chi connectivity index (χ3v) is 3.90. The zero-order valence-electron chi connectivity index (χ0n) is 13.9. The molecule has 3 rings (SSSR count). The van der Waals surface area contributed by atoms with E-state index in [0.29, 0.717) is 22.4 Å². The number of fused-ring (bicyclic) bond motifs is 1. The van der Waals surface area contributed by atoms with Crippen molar-refractivity contribution in [3.05, 3.63) is 36.5 Å². The standard InChI is InChI=1S/C15H15F3N6O2S/c1-27(25,26)24-10-4-2-3-9(7-10)21-14-22-12-11(5-6-19-12)13(23-14)20-8-15(16,17)18/h2-7,24H,8H2,1H3,(H3,19,20,21,22,23). The Hall–Kier alpha value is -3.02. The minimum absolute atomic E-state index is 0.0199. The first-order chi connectivity index (χ1) is 12.6. The third kappa shape index (κ3) is 5.23. The van der Waals surface area contributed by atoms with Gasteiger partial charge in [-0.05, 0) is 24.3 Å². The number of halogens is 3. The molecule has 0 saturated carbocycles. The molecule has 0 saturated heterocycles. The number of aromatic amines is 1. The number of H-pyrrole nitrogens is 1. The van der Waals surface area contributed by atoms with E-state index in [1.165, 1.54) is 6.07 Å². The fraction of sp³-hybridized carbons (Fsp3) is 0.200. The van der Waals surface area contributed by atoms with Crippen molar-refractivity contribution in [2.75, 3.05) is 28.2 Å². The number of anilines is 4. The predicted octanol–water partition coefficient (Wildman–Crippen LogP) is 3.05. The van der Waals surface area contributed by atoms with Crippen molar-refractivity contribution in [1.29, 1.82) is 0 Å². The molecule has 8 nitrogen and oxygen atoms in total. The lowest BCUT2D eigenvalue weighted by Crippen LogP contribution is -2.22. The van der Waals surface area contributed by atoms with Crippen LogP contribution in [0.2, 0.25) is 0 Å². The smallest absolute Gasteiger partial charge is 0.360 e. The van der Waals surface area contributed by atoms with Gasteiger partial charge in [0.1, 0.15) is 18.0 Å². The van der Waals surface area contributed by atoms with Crippen LogP contribution in [-0.4, -0.2) is 42.3 Å². The summed E-state index contributed by atoms with van der Waals surface area (Å²) in [6.45, 7) is -1.24. The molecule has 4 N–H and O–H groups in total. The predicted molar refractivity (Wildman–Crippen MR) is 96.6 cm³/mol. The molecule has 144 valence electrons. The molecule has 0 aliphatic carbocycles. The third-order valence-electron chi connectivity index (χ3n) is 3.29. The molecular weight excluding hydrogens is 385 g/mol. The minimum Gasteiger partial charge on any atom is -0.360 e. The van der Waals surface area contributed by atoms with Crippen molar-refractivity contribution in [2.24, 2.45) is 0 Å². The minimum atomic E-state index is -4.40. The summed E-state index contributed by atoms with van der Waals surface area (Å²) in [4.78, 5) is 11.1. The van der Waals surface area contributed by atoms with Crippen LogP contribution in [0.1, 0.15) is 0 Å². The van der Waals surface area contributed by atoms with Crippen LogP contribution in [0.25, 0.3) is 11.0 Å². The van der Waals surface area contributed by atoms with Gasteiger partial charge in [0.25, 0.3) is 0 Å². The molecule has 0 radical (unpaired) electrons. The van der Waals surface area contributed by atoms with Crippen molar-refractivity contribution in [3.8, 4) is 0 Å². The molecule has 27 heavy (non-hydrogen) atoms. The monoisotopic (exact) mass is 400 g/mol. The Morgan fingerprint density at radius 3 is 2.59 bits per heavy atom. The average molecular weight is 400 g/mol. The van der Waals surface area contributed by atoms with E-state index in [0.717, 1.165) is 6.26 Å². The molecule has 2 heterocycles. The second-order valence-electron chi connectivity index (χ2n) is 5.68. The summed E-state index contributed by atoms with van der Waals surface area (Å²) in [5.74, 6) is 0.0672. The van der Waals surface area contributed by atoms with E-state index in [1.54, 1.807) is 30.5 Å². The number of nitrogens with zero attached hydrogens (tertiary/aromatic N) is 2. The van der Waals surface area contributed by atoms with Gasteiger partial charge in [0, 0.05) is 11.9 Å². The molecule has 0 atom stereocenters. The maximum atomic E-state index is 12.5. The van der Waals surface area contributed by atoms with Gasteiger partial charge in [-0.25, -0.2) is 8.42 Å². The van der Waals surface area contributed by atoms with Crippen molar-refractivity contribution in [2.45, 2.75) is 6.18 Å². The van der Waals surface area contributed by atoms with Crippen molar-refractivity contribution in [1.82, 2.24) is 15.0 Å². The van der Waals surface area contributed by atoms with Crippen LogP contribution in [-0.2, 0) is 10.0 Å². The molecule has 2 aromatic heterocycles. The fourth-order valence-electron chi connectivity index (χ4n) is 2.32. The lowest BCUT2D eigenvalue weighted by atomic mass is 10.3.